The van der Waals surface area contributed by atoms with Crippen LogP contribution < -0.4 is 0 Å². The first kappa shape index (κ1) is 16.0. The highest BCUT2D eigenvalue weighted by atomic mass is 16.4. The number of carbonyl (C=O) groups excluding carboxylic acids is 1. The quantitative estimate of drug-likeness (QED) is 0.860. The molecule has 0 aliphatic carbocycles. The highest BCUT2D eigenvalue weighted by molar-refractivity contribution is 5.94. The Morgan fingerprint density at radius 3 is 2.15 bits per heavy atom. The molecule has 1 N–H and O–H groups in total. The molecular formula is C16H21NO3. The van der Waals surface area contributed by atoms with Crippen molar-refractivity contribution in [2.24, 2.45) is 0 Å². The fraction of sp³-hybridized carbons (Fsp3) is 0.375. The Bertz CT molecular complexity index is 510. The minimum absolute atomic E-state index is 0.305. The summed E-state index contributed by atoms with van der Waals surface area (Å²) in [6.07, 6.45) is 1.97. The number of hydrogen-bond acceptors (Lipinski definition) is 2. The molecule has 0 atom stereocenters. The molecule has 0 saturated carbocycles. The zero-order valence-corrected chi connectivity index (χ0v) is 12.4. The molecule has 0 spiro atoms. The monoisotopic (exact) mass is 275 g/mol. The number of carboxylic acid groups (broad SMARTS) is 1. The lowest BCUT2D eigenvalue weighted by Crippen LogP contribution is -2.44. The highest BCUT2D eigenvalue weighted by Crippen LogP contribution is 2.18. The Labute approximate surface area is 119 Å². The summed E-state index contributed by atoms with van der Waals surface area (Å²) in [5.74, 6) is -1.43. The average molecular weight is 275 g/mol. The molecule has 0 heterocycles. The Hall–Kier alpha value is -2.10. The smallest absolute Gasteiger partial charge is 0.328 e. The summed E-state index contributed by atoms with van der Waals surface area (Å²) in [6, 6.07) is 7.94. The van der Waals surface area contributed by atoms with Crippen LogP contribution in [-0.2, 0) is 16.1 Å². The van der Waals surface area contributed by atoms with Gasteiger partial charge in [-0.1, -0.05) is 29.8 Å². The molecule has 0 fully saturated rings. The molecule has 0 aliphatic rings. The normalized spacial score (nSPS) is 11.6. The fourth-order valence-electron chi connectivity index (χ4n) is 1.75. The Balaban J connectivity index is 2.93. The number of aryl methyl sites for hydroxylation is 1. The number of hydrogen-bond donors (Lipinski definition) is 1. The van der Waals surface area contributed by atoms with Gasteiger partial charge in [0.15, 0.2) is 0 Å². The second-order valence-electron chi connectivity index (χ2n) is 5.75. The summed E-state index contributed by atoms with van der Waals surface area (Å²) in [4.78, 5) is 24.3. The third-order valence-corrected chi connectivity index (χ3v) is 2.91. The Kier molecular flexibility index (Phi) is 5.08. The summed E-state index contributed by atoms with van der Waals surface area (Å²) in [5, 5.41) is 8.61. The summed E-state index contributed by atoms with van der Waals surface area (Å²) in [5.41, 5.74) is 1.79. The first-order chi connectivity index (χ1) is 9.20. The standard InChI is InChI=1S/C16H21NO3/c1-12-5-7-13(8-6-12)11-17(16(2,3)4)14(18)9-10-15(19)20/h5-10H,11H2,1-4H3,(H,19,20)/b10-9+. The molecule has 4 heteroatoms. The minimum atomic E-state index is -1.12. The van der Waals surface area contributed by atoms with Gasteiger partial charge < -0.3 is 10.0 Å². The van der Waals surface area contributed by atoms with Crippen LogP contribution in [0.2, 0.25) is 0 Å². The molecule has 1 rings (SSSR count). The van der Waals surface area contributed by atoms with Gasteiger partial charge in [-0.3, -0.25) is 4.79 Å². The molecule has 1 aromatic rings. The maximum Gasteiger partial charge on any atom is 0.328 e. The third kappa shape index (κ3) is 4.88. The van der Waals surface area contributed by atoms with Gasteiger partial charge in [-0.05, 0) is 33.3 Å². The summed E-state index contributed by atoms with van der Waals surface area (Å²) in [6.45, 7) is 8.23. The largest absolute Gasteiger partial charge is 0.478 e. The number of aliphatic carboxylic acids is 1. The van der Waals surface area contributed by atoms with E-state index >= 15 is 0 Å². The van der Waals surface area contributed by atoms with Gasteiger partial charge >= 0.3 is 5.97 Å². The molecule has 108 valence electrons. The van der Waals surface area contributed by atoms with Crippen LogP contribution in [0.1, 0.15) is 31.9 Å². The van der Waals surface area contributed by atoms with Crippen molar-refractivity contribution in [2.45, 2.75) is 39.8 Å². The number of benzene rings is 1. The molecule has 0 aliphatic heterocycles. The number of amides is 1. The summed E-state index contributed by atoms with van der Waals surface area (Å²) >= 11 is 0. The average Bonchev–Trinajstić information content (AvgIpc) is 2.33. The molecular weight excluding hydrogens is 254 g/mol. The van der Waals surface area contributed by atoms with Crippen LogP contribution in [0.5, 0.6) is 0 Å². The van der Waals surface area contributed by atoms with E-state index < -0.39 is 5.97 Å². The molecule has 0 bridgehead atoms. The van der Waals surface area contributed by atoms with Crippen LogP contribution in [0.3, 0.4) is 0 Å². The molecule has 0 radical (unpaired) electrons. The van der Waals surface area contributed by atoms with E-state index in [4.69, 9.17) is 5.11 Å². The van der Waals surface area contributed by atoms with E-state index in [-0.39, 0.29) is 11.4 Å². The van der Waals surface area contributed by atoms with E-state index in [1.165, 1.54) is 0 Å². The predicted octanol–water partition coefficient (Wildman–Crippen LogP) is 2.76. The topological polar surface area (TPSA) is 57.6 Å². The molecule has 0 aromatic heterocycles. The second kappa shape index (κ2) is 6.37. The predicted molar refractivity (Wildman–Crippen MR) is 78.3 cm³/mol. The maximum absolute atomic E-state index is 12.1. The van der Waals surface area contributed by atoms with Crippen molar-refractivity contribution in [3.8, 4) is 0 Å². The van der Waals surface area contributed by atoms with Crippen molar-refractivity contribution in [3.05, 3.63) is 47.5 Å². The van der Waals surface area contributed by atoms with Gasteiger partial charge in [0, 0.05) is 24.2 Å². The van der Waals surface area contributed by atoms with Gasteiger partial charge in [0.1, 0.15) is 0 Å². The maximum atomic E-state index is 12.1. The van der Waals surface area contributed by atoms with Crippen LogP contribution in [0.25, 0.3) is 0 Å². The van der Waals surface area contributed by atoms with Crippen molar-refractivity contribution < 1.29 is 14.7 Å². The number of rotatable bonds is 4. The Morgan fingerprint density at radius 2 is 1.70 bits per heavy atom. The molecule has 0 saturated heterocycles. The van der Waals surface area contributed by atoms with Crippen LogP contribution in [-0.4, -0.2) is 27.4 Å². The van der Waals surface area contributed by atoms with Crippen molar-refractivity contribution in [3.63, 3.8) is 0 Å². The zero-order chi connectivity index (χ0) is 15.3. The lowest BCUT2D eigenvalue weighted by molar-refractivity contribution is -0.134. The van der Waals surface area contributed by atoms with Crippen molar-refractivity contribution >= 4 is 11.9 Å². The van der Waals surface area contributed by atoms with E-state index in [9.17, 15) is 9.59 Å². The molecule has 1 amide bonds. The van der Waals surface area contributed by atoms with Crippen LogP contribution >= 0.6 is 0 Å². The van der Waals surface area contributed by atoms with Gasteiger partial charge in [0.2, 0.25) is 5.91 Å². The second-order valence-corrected chi connectivity index (χ2v) is 5.75. The van der Waals surface area contributed by atoms with Crippen LogP contribution in [0.4, 0.5) is 0 Å². The lowest BCUT2D eigenvalue weighted by atomic mass is 10.0. The number of carboxylic acids is 1. The van der Waals surface area contributed by atoms with Gasteiger partial charge in [0.25, 0.3) is 0 Å². The zero-order valence-electron chi connectivity index (χ0n) is 12.4. The van der Waals surface area contributed by atoms with Gasteiger partial charge in [-0.2, -0.15) is 0 Å². The molecule has 1 aromatic carbocycles. The minimum Gasteiger partial charge on any atom is -0.478 e. The molecule has 20 heavy (non-hydrogen) atoms. The van der Waals surface area contributed by atoms with E-state index in [2.05, 4.69) is 0 Å². The fourth-order valence-corrected chi connectivity index (χ4v) is 1.75. The van der Waals surface area contributed by atoms with Crippen molar-refractivity contribution in [2.75, 3.05) is 0 Å². The summed E-state index contributed by atoms with van der Waals surface area (Å²) < 4.78 is 0. The Morgan fingerprint density at radius 1 is 1.15 bits per heavy atom. The van der Waals surface area contributed by atoms with E-state index in [0.717, 1.165) is 23.3 Å². The van der Waals surface area contributed by atoms with E-state index in [1.807, 2.05) is 52.0 Å². The first-order valence-corrected chi connectivity index (χ1v) is 6.48. The highest BCUT2D eigenvalue weighted by Gasteiger charge is 2.25. The van der Waals surface area contributed by atoms with Crippen LogP contribution in [0.15, 0.2) is 36.4 Å². The van der Waals surface area contributed by atoms with Crippen LogP contribution in [0, 0.1) is 6.92 Å². The van der Waals surface area contributed by atoms with E-state index in [0.29, 0.717) is 6.54 Å². The SMILES string of the molecule is Cc1ccc(CN(C(=O)/C=C/C(=O)O)C(C)(C)C)cc1. The van der Waals surface area contributed by atoms with Gasteiger partial charge in [-0.25, -0.2) is 4.79 Å². The number of nitrogens with zero attached hydrogens (tertiary/aromatic N) is 1. The molecule has 0 unspecified atom stereocenters. The summed E-state index contributed by atoms with van der Waals surface area (Å²) in [7, 11) is 0. The third-order valence-electron chi connectivity index (χ3n) is 2.91. The van der Waals surface area contributed by atoms with Crippen molar-refractivity contribution in [1.82, 2.24) is 4.90 Å². The van der Waals surface area contributed by atoms with E-state index in [1.54, 1.807) is 4.90 Å². The first-order valence-electron chi connectivity index (χ1n) is 6.48. The number of carbonyl (C=O) groups is 2. The van der Waals surface area contributed by atoms with Crippen molar-refractivity contribution in [1.29, 1.82) is 0 Å². The molecule has 4 nitrogen and oxygen atoms in total. The lowest BCUT2D eigenvalue weighted by Gasteiger charge is -2.35. The van der Waals surface area contributed by atoms with Gasteiger partial charge in [0.05, 0.1) is 0 Å². The van der Waals surface area contributed by atoms with Gasteiger partial charge in [-0.15, -0.1) is 0 Å².